The van der Waals surface area contributed by atoms with Crippen LogP contribution in [0.25, 0.3) is 10.8 Å². The quantitative estimate of drug-likeness (QED) is 0.318. The first kappa shape index (κ1) is 25.3. The van der Waals surface area contributed by atoms with Gasteiger partial charge in [0.25, 0.3) is 5.91 Å². The molecule has 0 unspecified atom stereocenters. The summed E-state index contributed by atoms with van der Waals surface area (Å²) in [5, 5.41) is 4.87. The van der Waals surface area contributed by atoms with E-state index < -0.39 is 10.0 Å². The number of rotatable bonds is 9. The van der Waals surface area contributed by atoms with Crippen molar-refractivity contribution in [3.05, 3.63) is 107 Å². The lowest BCUT2D eigenvalue weighted by Gasteiger charge is -2.23. The number of benzene rings is 4. The van der Waals surface area contributed by atoms with Gasteiger partial charge in [-0.2, -0.15) is 0 Å². The van der Waals surface area contributed by atoms with Crippen molar-refractivity contribution in [1.82, 2.24) is 5.32 Å². The molecule has 0 bridgehead atoms. The molecule has 1 amide bonds. The van der Waals surface area contributed by atoms with Crippen LogP contribution in [-0.2, 0) is 16.6 Å². The molecule has 0 atom stereocenters. The summed E-state index contributed by atoms with van der Waals surface area (Å²) in [6.07, 6.45) is 1.20. The van der Waals surface area contributed by atoms with Crippen LogP contribution in [0, 0.1) is 13.8 Å². The minimum absolute atomic E-state index is 0.170. The van der Waals surface area contributed by atoms with Gasteiger partial charge in [0.15, 0.2) is 0 Å². The third-order valence-corrected chi connectivity index (χ3v) is 7.24. The third-order valence-electron chi connectivity index (χ3n) is 6.10. The Bertz CT molecular complexity index is 1480. The first-order valence-corrected chi connectivity index (χ1v) is 13.6. The zero-order valence-electron chi connectivity index (χ0n) is 20.7. The van der Waals surface area contributed by atoms with E-state index in [1.165, 1.54) is 16.1 Å². The number of carbonyl (C=O) groups is 1. The number of hydrogen-bond donors (Lipinski definition) is 1. The van der Waals surface area contributed by atoms with Crippen LogP contribution in [0.1, 0.15) is 27.0 Å². The summed E-state index contributed by atoms with van der Waals surface area (Å²) in [4.78, 5) is 12.5. The van der Waals surface area contributed by atoms with E-state index >= 15 is 0 Å². The average molecular weight is 503 g/mol. The number of hydrogen-bond acceptors (Lipinski definition) is 4. The minimum atomic E-state index is -3.51. The first-order valence-electron chi connectivity index (χ1n) is 11.7. The summed E-state index contributed by atoms with van der Waals surface area (Å²) in [5.74, 6) is 0.568. The molecule has 0 aliphatic heterocycles. The van der Waals surface area contributed by atoms with Crippen molar-refractivity contribution < 1.29 is 17.9 Å². The van der Waals surface area contributed by atoms with Crippen molar-refractivity contribution in [3.8, 4) is 5.75 Å². The van der Waals surface area contributed by atoms with Crippen LogP contribution in [0.4, 0.5) is 5.69 Å². The number of nitrogens with zero attached hydrogens (tertiary/aromatic N) is 1. The Balaban J connectivity index is 1.37. The van der Waals surface area contributed by atoms with E-state index in [1.54, 1.807) is 24.3 Å². The first-order chi connectivity index (χ1) is 17.2. The van der Waals surface area contributed by atoms with Gasteiger partial charge < -0.3 is 10.1 Å². The van der Waals surface area contributed by atoms with E-state index in [2.05, 4.69) is 5.32 Å². The van der Waals surface area contributed by atoms with Gasteiger partial charge in [-0.15, -0.1) is 0 Å². The van der Waals surface area contributed by atoms with Crippen molar-refractivity contribution in [2.24, 2.45) is 0 Å². The number of fused-ring (bicyclic) bond motifs is 1. The second-order valence-electron chi connectivity index (χ2n) is 8.85. The van der Waals surface area contributed by atoms with Crippen LogP contribution in [0.2, 0.25) is 0 Å². The lowest BCUT2D eigenvalue weighted by Crippen LogP contribution is -2.29. The number of aryl methyl sites for hydroxylation is 2. The standard InChI is InChI=1S/C29H30N2O4S/c1-21-8-15-28(18-22(21)2)35-17-16-30-29(32)25-11-9-23(10-12-25)20-31(36(3,33)34)27-14-13-24-6-4-5-7-26(24)19-27/h4-15,18-19H,16-17,20H2,1-3H3,(H,30,32). The predicted molar refractivity (Wildman–Crippen MR) is 145 cm³/mol. The SMILES string of the molecule is Cc1ccc(OCCNC(=O)c2ccc(CN(c3ccc4ccccc4c3)S(C)(=O)=O)cc2)cc1C. The molecule has 7 heteroatoms. The van der Waals surface area contributed by atoms with Gasteiger partial charge in [-0.1, -0.05) is 48.5 Å². The Hall–Kier alpha value is -3.84. The minimum Gasteiger partial charge on any atom is -0.492 e. The average Bonchev–Trinajstić information content (AvgIpc) is 2.86. The van der Waals surface area contributed by atoms with Crippen molar-refractivity contribution >= 4 is 32.4 Å². The molecular weight excluding hydrogens is 472 g/mol. The Morgan fingerprint density at radius 3 is 2.28 bits per heavy atom. The molecule has 0 heterocycles. The normalized spacial score (nSPS) is 11.3. The molecule has 6 nitrogen and oxygen atoms in total. The van der Waals surface area contributed by atoms with E-state index in [0.717, 1.165) is 27.6 Å². The number of anilines is 1. The van der Waals surface area contributed by atoms with Crippen molar-refractivity contribution in [1.29, 1.82) is 0 Å². The van der Waals surface area contributed by atoms with E-state index in [0.29, 0.717) is 24.4 Å². The summed E-state index contributed by atoms with van der Waals surface area (Å²) in [6, 6.07) is 26.3. The van der Waals surface area contributed by atoms with E-state index in [4.69, 9.17) is 4.74 Å². The highest BCUT2D eigenvalue weighted by Gasteiger charge is 2.18. The Morgan fingerprint density at radius 1 is 0.861 bits per heavy atom. The fourth-order valence-electron chi connectivity index (χ4n) is 3.90. The lowest BCUT2D eigenvalue weighted by atomic mass is 10.1. The summed E-state index contributed by atoms with van der Waals surface area (Å²) < 4.78 is 32.3. The maximum Gasteiger partial charge on any atom is 0.251 e. The van der Waals surface area contributed by atoms with Crippen LogP contribution < -0.4 is 14.4 Å². The van der Waals surface area contributed by atoms with E-state index in [9.17, 15) is 13.2 Å². The van der Waals surface area contributed by atoms with Gasteiger partial charge in [-0.05, 0) is 77.7 Å². The van der Waals surface area contributed by atoms with Crippen molar-refractivity contribution in [3.63, 3.8) is 0 Å². The number of carbonyl (C=O) groups excluding carboxylic acids is 1. The third kappa shape index (κ3) is 6.23. The molecule has 186 valence electrons. The zero-order chi connectivity index (χ0) is 25.7. The molecule has 0 aliphatic rings. The van der Waals surface area contributed by atoms with Crippen molar-refractivity contribution in [2.75, 3.05) is 23.7 Å². The molecular formula is C29H30N2O4S. The summed E-state index contributed by atoms with van der Waals surface area (Å²) in [6.45, 7) is 4.99. The van der Waals surface area contributed by atoms with Gasteiger partial charge in [-0.25, -0.2) is 8.42 Å². The fourth-order valence-corrected chi connectivity index (χ4v) is 4.78. The lowest BCUT2D eigenvalue weighted by molar-refractivity contribution is 0.0947. The monoisotopic (exact) mass is 502 g/mol. The molecule has 0 spiro atoms. The van der Waals surface area contributed by atoms with Gasteiger partial charge in [0, 0.05) is 5.56 Å². The Morgan fingerprint density at radius 2 is 1.58 bits per heavy atom. The van der Waals surface area contributed by atoms with Crippen molar-refractivity contribution in [2.45, 2.75) is 20.4 Å². The van der Waals surface area contributed by atoms with Gasteiger partial charge in [-0.3, -0.25) is 9.10 Å². The highest BCUT2D eigenvalue weighted by molar-refractivity contribution is 7.92. The summed E-state index contributed by atoms with van der Waals surface area (Å²) in [7, 11) is -3.51. The molecule has 0 radical (unpaired) electrons. The maximum atomic E-state index is 12.6. The Kier molecular flexibility index (Phi) is 7.60. The molecule has 4 aromatic rings. The molecule has 0 fully saturated rings. The largest absolute Gasteiger partial charge is 0.492 e. The smallest absolute Gasteiger partial charge is 0.251 e. The second-order valence-corrected chi connectivity index (χ2v) is 10.8. The molecule has 0 saturated carbocycles. The van der Waals surface area contributed by atoms with Gasteiger partial charge in [0.1, 0.15) is 12.4 Å². The number of ether oxygens (including phenoxy) is 1. The van der Waals surface area contributed by atoms with Crippen LogP contribution >= 0.6 is 0 Å². The number of nitrogens with one attached hydrogen (secondary N) is 1. The molecule has 4 rings (SSSR count). The van der Waals surface area contributed by atoms with Crippen LogP contribution in [0.3, 0.4) is 0 Å². The zero-order valence-corrected chi connectivity index (χ0v) is 21.5. The molecule has 0 saturated heterocycles. The summed E-state index contributed by atoms with van der Waals surface area (Å²) >= 11 is 0. The summed E-state index contributed by atoms with van der Waals surface area (Å²) in [5.41, 5.74) is 4.24. The molecule has 36 heavy (non-hydrogen) atoms. The number of sulfonamides is 1. The van der Waals surface area contributed by atoms with Gasteiger partial charge in [0.05, 0.1) is 25.0 Å². The van der Waals surface area contributed by atoms with Gasteiger partial charge in [0.2, 0.25) is 10.0 Å². The molecule has 1 N–H and O–H groups in total. The van der Waals surface area contributed by atoms with E-state index in [-0.39, 0.29) is 12.5 Å². The van der Waals surface area contributed by atoms with Crippen LogP contribution in [-0.4, -0.2) is 33.7 Å². The molecule has 0 aromatic heterocycles. The van der Waals surface area contributed by atoms with E-state index in [1.807, 2.05) is 74.5 Å². The highest BCUT2D eigenvalue weighted by atomic mass is 32.2. The molecule has 0 aliphatic carbocycles. The Labute approximate surface area is 212 Å². The van der Waals surface area contributed by atoms with Gasteiger partial charge >= 0.3 is 0 Å². The number of amides is 1. The fraction of sp³-hybridized carbons (Fsp3) is 0.207. The highest BCUT2D eigenvalue weighted by Crippen LogP contribution is 2.25. The maximum absolute atomic E-state index is 12.6. The van der Waals surface area contributed by atoms with Crippen LogP contribution in [0.15, 0.2) is 84.9 Å². The topological polar surface area (TPSA) is 75.7 Å². The molecule has 4 aromatic carbocycles. The second kappa shape index (κ2) is 10.8. The van der Waals surface area contributed by atoms with Crippen LogP contribution in [0.5, 0.6) is 5.75 Å². The predicted octanol–water partition coefficient (Wildman–Crippen LogP) is 5.23.